The number of pyridine rings is 1. The summed E-state index contributed by atoms with van der Waals surface area (Å²) in [5.74, 6) is -0.0185. The Morgan fingerprint density at radius 1 is 1.47 bits per heavy atom. The van der Waals surface area contributed by atoms with Gasteiger partial charge in [-0.1, -0.05) is 6.07 Å². The van der Waals surface area contributed by atoms with Crippen LogP contribution in [0.5, 0.6) is 0 Å². The van der Waals surface area contributed by atoms with E-state index in [2.05, 4.69) is 10.3 Å². The first-order chi connectivity index (χ1) is 8.16. The van der Waals surface area contributed by atoms with Gasteiger partial charge in [0.25, 0.3) is 5.91 Å². The van der Waals surface area contributed by atoms with E-state index in [1.165, 1.54) is 21.8 Å². The summed E-state index contributed by atoms with van der Waals surface area (Å²) in [5, 5.41) is 2.89. The number of hydrogen-bond acceptors (Lipinski definition) is 3. The van der Waals surface area contributed by atoms with Gasteiger partial charge < -0.3 is 5.32 Å². The van der Waals surface area contributed by atoms with Crippen LogP contribution < -0.4 is 5.32 Å². The van der Waals surface area contributed by atoms with Crippen molar-refractivity contribution >= 4 is 17.2 Å². The Bertz CT molecular complexity index is 500. The zero-order valence-electron chi connectivity index (χ0n) is 9.86. The fraction of sp³-hybridized carbons (Fsp3) is 0.231. The SMILES string of the molecule is Cc1cc(C(=O)NCc2cccnc2)sc1C. The molecule has 1 N–H and O–H groups in total. The molecule has 1 amide bonds. The number of nitrogens with zero attached hydrogens (tertiary/aromatic N) is 1. The van der Waals surface area contributed by atoms with Crippen LogP contribution in [-0.2, 0) is 6.54 Å². The van der Waals surface area contributed by atoms with Crippen LogP contribution in [0.25, 0.3) is 0 Å². The van der Waals surface area contributed by atoms with E-state index in [4.69, 9.17) is 0 Å². The summed E-state index contributed by atoms with van der Waals surface area (Å²) in [6.45, 7) is 4.56. The van der Waals surface area contributed by atoms with Crippen LogP contribution in [0.4, 0.5) is 0 Å². The third kappa shape index (κ3) is 2.91. The largest absolute Gasteiger partial charge is 0.347 e. The van der Waals surface area contributed by atoms with E-state index in [9.17, 15) is 4.79 Å². The third-order valence-corrected chi connectivity index (χ3v) is 3.72. The highest BCUT2D eigenvalue weighted by Gasteiger charge is 2.09. The van der Waals surface area contributed by atoms with E-state index in [0.29, 0.717) is 6.54 Å². The molecule has 0 unspecified atom stereocenters. The Morgan fingerprint density at radius 2 is 2.29 bits per heavy atom. The molecule has 2 aromatic heterocycles. The third-order valence-electron chi connectivity index (χ3n) is 2.57. The van der Waals surface area contributed by atoms with Gasteiger partial charge >= 0.3 is 0 Å². The van der Waals surface area contributed by atoms with Crippen LogP contribution >= 0.6 is 11.3 Å². The summed E-state index contributed by atoms with van der Waals surface area (Å²) >= 11 is 1.53. The minimum absolute atomic E-state index is 0.0185. The molecular weight excluding hydrogens is 232 g/mol. The van der Waals surface area contributed by atoms with E-state index >= 15 is 0 Å². The number of hydrogen-bond donors (Lipinski definition) is 1. The van der Waals surface area contributed by atoms with Crippen molar-refractivity contribution in [1.29, 1.82) is 0 Å². The average Bonchev–Trinajstić information content (AvgIpc) is 2.68. The fourth-order valence-corrected chi connectivity index (χ4v) is 2.41. The minimum Gasteiger partial charge on any atom is -0.347 e. The van der Waals surface area contributed by atoms with Crippen LogP contribution in [-0.4, -0.2) is 10.9 Å². The molecule has 0 bridgehead atoms. The molecule has 0 saturated carbocycles. The van der Waals surface area contributed by atoms with Gasteiger partial charge in [0, 0.05) is 23.8 Å². The van der Waals surface area contributed by atoms with E-state index in [-0.39, 0.29) is 5.91 Å². The Labute approximate surface area is 105 Å². The molecule has 0 aliphatic heterocycles. The van der Waals surface area contributed by atoms with Crippen LogP contribution in [0, 0.1) is 13.8 Å². The van der Waals surface area contributed by atoms with E-state index in [1.54, 1.807) is 12.4 Å². The first-order valence-corrected chi connectivity index (χ1v) is 6.22. The van der Waals surface area contributed by atoms with Gasteiger partial charge in [0.2, 0.25) is 0 Å². The second-order valence-corrected chi connectivity index (χ2v) is 5.15. The number of rotatable bonds is 3. The maximum Gasteiger partial charge on any atom is 0.261 e. The lowest BCUT2D eigenvalue weighted by atomic mass is 10.2. The van der Waals surface area contributed by atoms with Crippen LogP contribution in [0.1, 0.15) is 25.7 Å². The molecule has 0 aliphatic rings. The van der Waals surface area contributed by atoms with Crippen molar-refractivity contribution < 1.29 is 4.79 Å². The average molecular weight is 246 g/mol. The molecular formula is C13H14N2OS. The summed E-state index contributed by atoms with van der Waals surface area (Å²) in [6.07, 6.45) is 3.47. The van der Waals surface area contributed by atoms with Crippen LogP contribution in [0.15, 0.2) is 30.6 Å². The van der Waals surface area contributed by atoms with Gasteiger partial charge in [-0.2, -0.15) is 0 Å². The monoisotopic (exact) mass is 246 g/mol. The highest BCUT2D eigenvalue weighted by Crippen LogP contribution is 2.20. The second-order valence-electron chi connectivity index (χ2n) is 3.89. The Hall–Kier alpha value is -1.68. The predicted molar refractivity (Wildman–Crippen MR) is 69.2 cm³/mol. The maximum absolute atomic E-state index is 11.9. The van der Waals surface area contributed by atoms with Crippen molar-refractivity contribution in [3.63, 3.8) is 0 Å². The summed E-state index contributed by atoms with van der Waals surface area (Å²) in [4.78, 5) is 17.8. The lowest BCUT2D eigenvalue weighted by Gasteiger charge is -2.02. The first-order valence-electron chi connectivity index (χ1n) is 5.41. The number of thiophene rings is 1. The van der Waals surface area contributed by atoms with Gasteiger partial charge in [0.05, 0.1) is 4.88 Å². The molecule has 2 rings (SSSR count). The summed E-state index contributed by atoms with van der Waals surface area (Å²) in [5.41, 5.74) is 2.17. The summed E-state index contributed by atoms with van der Waals surface area (Å²) < 4.78 is 0. The normalized spacial score (nSPS) is 10.2. The number of amides is 1. The van der Waals surface area contributed by atoms with E-state index in [1.807, 2.05) is 32.0 Å². The lowest BCUT2D eigenvalue weighted by molar-refractivity contribution is 0.0955. The Balaban J connectivity index is 1.98. The Morgan fingerprint density at radius 3 is 2.88 bits per heavy atom. The van der Waals surface area contributed by atoms with Crippen molar-refractivity contribution in [2.45, 2.75) is 20.4 Å². The van der Waals surface area contributed by atoms with Gasteiger partial charge in [0.1, 0.15) is 0 Å². The lowest BCUT2D eigenvalue weighted by Crippen LogP contribution is -2.21. The summed E-state index contributed by atoms with van der Waals surface area (Å²) in [6, 6.07) is 5.73. The molecule has 0 aromatic carbocycles. The molecule has 0 fully saturated rings. The molecule has 0 aliphatic carbocycles. The zero-order valence-corrected chi connectivity index (χ0v) is 10.7. The molecule has 3 nitrogen and oxygen atoms in total. The number of aryl methyl sites for hydroxylation is 2. The van der Waals surface area contributed by atoms with Crippen molar-refractivity contribution in [3.05, 3.63) is 51.5 Å². The molecule has 2 heterocycles. The molecule has 0 saturated heterocycles. The van der Waals surface area contributed by atoms with Gasteiger partial charge in [0.15, 0.2) is 0 Å². The van der Waals surface area contributed by atoms with E-state index < -0.39 is 0 Å². The quantitative estimate of drug-likeness (QED) is 0.904. The highest BCUT2D eigenvalue weighted by atomic mass is 32.1. The Kier molecular flexibility index (Phi) is 3.54. The number of aromatic nitrogens is 1. The van der Waals surface area contributed by atoms with E-state index in [0.717, 1.165) is 10.4 Å². The van der Waals surface area contributed by atoms with Gasteiger partial charge in [-0.25, -0.2) is 0 Å². The van der Waals surface area contributed by atoms with Crippen molar-refractivity contribution in [2.75, 3.05) is 0 Å². The number of carbonyl (C=O) groups is 1. The van der Waals surface area contributed by atoms with Crippen LogP contribution in [0.2, 0.25) is 0 Å². The molecule has 0 spiro atoms. The molecule has 4 heteroatoms. The zero-order chi connectivity index (χ0) is 12.3. The van der Waals surface area contributed by atoms with Crippen LogP contribution in [0.3, 0.4) is 0 Å². The maximum atomic E-state index is 11.9. The topological polar surface area (TPSA) is 42.0 Å². The van der Waals surface area contributed by atoms with Crippen molar-refractivity contribution in [1.82, 2.24) is 10.3 Å². The van der Waals surface area contributed by atoms with Gasteiger partial charge in [-0.3, -0.25) is 9.78 Å². The standard InChI is InChI=1S/C13H14N2OS/c1-9-6-12(17-10(9)2)13(16)15-8-11-4-3-5-14-7-11/h3-7H,8H2,1-2H3,(H,15,16). The van der Waals surface area contributed by atoms with Gasteiger partial charge in [-0.15, -0.1) is 11.3 Å². The first kappa shape index (κ1) is 11.8. The smallest absolute Gasteiger partial charge is 0.261 e. The number of nitrogens with one attached hydrogen (secondary N) is 1. The molecule has 88 valence electrons. The minimum atomic E-state index is -0.0185. The molecule has 0 atom stereocenters. The summed E-state index contributed by atoms with van der Waals surface area (Å²) in [7, 11) is 0. The van der Waals surface area contributed by atoms with Crippen molar-refractivity contribution in [3.8, 4) is 0 Å². The molecule has 0 radical (unpaired) electrons. The second kappa shape index (κ2) is 5.10. The van der Waals surface area contributed by atoms with Crippen molar-refractivity contribution in [2.24, 2.45) is 0 Å². The van der Waals surface area contributed by atoms with Gasteiger partial charge in [-0.05, 0) is 37.1 Å². The predicted octanol–water partition coefficient (Wildman–Crippen LogP) is 2.69. The number of carbonyl (C=O) groups excluding carboxylic acids is 1. The molecule has 17 heavy (non-hydrogen) atoms. The molecule has 2 aromatic rings. The fourth-order valence-electron chi connectivity index (χ4n) is 1.46. The highest BCUT2D eigenvalue weighted by molar-refractivity contribution is 7.14.